The SMILES string of the molecule is CCCCC=CCCCCC=CCCCCC. The zero-order valence-electron chi connectivity index (χ0n) is 12.1. The molecule has 0 N–H and O–H groups in total. The molecule has 0 aromatic carbocycles. The van der Waals surface area contributed by atoms with Gasteiger partial charge >= 0.3 is 0 Å². The van der Waals surface area contributed by atoms with Crippen molar-refractivity contribution < 1.29 is 0 Å². The molecule has 0 aliphatic rings. The van der Waals surface area contributed by atoms with Crippen molar-refractivity contribution in [2.45, 2.75) is 84.5 Å². The summed E-state index contributed by atoms with van der Waals surface area (Å²) < 4.78 is 0. The van der Waals surface area contributed by atoms with Crippen LogP contribution in [0.25, 0.3) is 0 Å². The Hall–Kier alpha value is -0.520. The summed E-state index contributed by atoms with van der Waals surface area (Å²) in [7, 11) is 0. The second kappa shape index (κ2) is 15.5. The minimum atomic E-state index is 1.27. The number of rotatable bonds is 12. The molecule has 0 rings (SSSR count). The molecule has 0 spiro atoms. The van der Waals surface area contributed by atoms with Gasteiger partial charge in [0.25, 0.3) is 0 Å². The molecule has 0 saturated heterocycles. The fourth-order valence-electron chi connectivity index (χ4n) is 1.83. The summed E-state index contributed by atoms with van der Waals surface area (Å²) in [5.41, 5.74) is 0. The first kappa shape index (κ1) is 16.5. The van der Waals surface area contributed by atoms with E-state index in [1.165, 1.54) is 70.6 Å². The highest BCUT2D eigenvalue weighted by molar-refractivity contribution is 4.83. The number of hydrogen-bond donors (Lipinski definition) is 0. The molecule has 0 aliphatic heterocycles. The summed E-state index contributed by atoms with van der Waals surface area (Å²) in [6, 6.07) is 0. The first-order valence-electron chi connectivity index (χ1n) is 7.71. The topological polar surface area (TPSA) is 0 Å². The zero-order valence-corrected chi connectivity index (χ0v) is 12.1. The highest BCUT2D eigenvalue weighted by Gasteiger charge is 1.85. The molecule has 0 nitrogen and oxygen atoms in total. The van der Waals surface area contributed by atoms with Crippen LogP contribution in [-0.2, 0) is 0 Å². The van der Waals surface area contributed by atoms with Gasteiger partial charge < -0.3 is 0 Å². The third kappa shape index (κ3) is 15.5. The molecule has 0 aromatic rings. The van der Waals surface area contributed by atoms with E-state index in [1.54, 1.807) is 0 Å². The smallest absolute Gasteiger partial charge is 0.0351 e. The summed E-state index contributed by atoms with van der Waals surface area (Å²) in [6.07, 6.45) is 24.0. The van der Waals surface area contributed by atoms with Crippen LogP contribution in [0.4, 0.5) is 0 Å². The number of unbranched alkanes of at least 4 members (excludes halogenated alkanes) is 8. The molecule has 0 heteroatoms. The van der Waals surface area contributed by atoms with Crippen molar-refractivity contribution in [3.05, 3.63) is 24.3 Å². The van der Waals surface area contributed by atoms with E-state index in [9.17, 15) is 0 Å². The van der Waals surface area contributed by atoms with Crippen molar-refractivity contribution in [3.8, 4) is 0 Å². The summed E-state index contributed by atoms with van der Waals surface area (Å²) in [5.74, 6) is 0. The van der Waals surface area contributed by atoms with Crippen LogP contribution in [0.5, 0.6) is 0 Å². The molecule has 100 valence electrons. The third-order valence-electron chi connectivity index (χ3n) is 3.02. The van der Waals surface area contributed by atoms with Crippen LogP contribution < -0.4 is 0 Å². The van der Waals surface area contributed by atoms with Gasteiger partial charge in [-0.15, -0.1) is 0 Å². The molecular formula is C17H32. The largest absolute Gasteiger partial charge is 0.0885 e. The van der Waals surface area contributed by atoms with Gasteiger partial charge in [-0.2, -0.15) is 0 Å². The maximum absolute atomic E-state index is 2.37. The standard InChI is InChI=1S/C17H32/c1-3-5-7-9-11-13-15-17-16-14-12-10-8-6-4-2/h9,11-12,14H,3-8,10,13,15-17H2,1-2H3. The molecule has 0 unspecified atom stereocenters. The second-order valence-corrected chi connectivity index (χ2v) is 4.87. The molecule has 0 amide bonds. The maximum Gasteiger partial charge on any atom is -0.0351 e. The van der Waals surface area contributed by atoms with Crippen molar-refractivity contribution in [3.63, 3.8) is 0 Å². The van der Waals surface area contributed by atoms with Gasteiger partial charge in [-0.3, -0.25) is 0 Å². The minimum Gasteiger partial charge on any atom is -0.0885 e. The van der Waals surface area contributed by atoms with Gasteiger partial charge in [-0.25, -0.2) is 0 Å². The van der Waals surface area contributed by atoms with E-state index >= 15 is 0 Å². The van der Waals surface area contributed by atoms with E-state index in [0.29, 0.717) is 0 Å². The molecule has 0 aromatic heterocycles. The van der Waals surface area contributed by atoms with Gasteiger partial charge in [0.05, 0.1) is 0 Å². The van der Waals surface area contributed by atoms with Gasteiger partial charge in [0, 0.05) is 0 Å². The molecule has 0 saturated carbocycles. The van der Waals surface area contributed by atoms with Crippen molar-refractivity contribution in [2.75, 3.05) is 0 Å². The first-order valence-corrected chi connectivity index (χ1v) is 7.71. The molecule has 0 atom stereocenters. The molecule has 0 heterocycles. The molecular weight excluding hydrogens is 204 g/mol. The lowest BCUT2D eigenvalue weighted by atomic mass is 10.1. The van der Waals surface area contributed by atoms with Crippen LogP contribution in [0.1, 0.15) is 84.5 Å². The molecule has 0 aliphatic carbocycles. The van der Waals surface area contributed by atoms with Crippen molar-refractivity contribution in [1.29, 1.82) is 0 Å². The van der Waals surface area contributed by atoms with Gasteiger partial charge in [0.2, 0.25) is 0 Å². The second-order valence-electron chi connectivity index (χ2n) is 4.87. The summed E-state index contributed by atoms with van der Waals surface area (Å²) >= 11 is 0. The van der Waals surface area contributed by atoms with E-state index < -0.39 is 0 Å². The zero-order chi connectivity index (χ0) is 12.6. The van der Waals surface area contributed by atoms with Gasteiger partial charge in [-0.05, 0) is 44.9 Å². The van der Waals surface area contributed by atoms with E-state index in [2.05, 4.69) is 38.2 Å². The maximum atomic E-state index is 2.37. The Morgan fingerprint density at radius 1 is 0.471 bits per heavy atom. The molecule has 17 heavy (non-hydrogen) atoms. The molecule has 0 fully saturated rings. The summed E-state index contributed by atoms with van der Waals surface area (Å²) in [4.78, 5) is 0. The monoisotopic (exact) mass is 236 g/mol. The average molecular weight is 236 g/mol. The van der Waals surface area contributed by atoms with Crippen LogP contribution in [0.2, 0.25) is 0 Å². The van der Waals surface area contributed by atoms with Crippen LogP contribution in [-0.4, -0.2) is 0 Å². The lowest BCUT2D eigenvalue weighted by molar-refractivity contribution is 0.723. The van der Waals surface area contributed by atoms with Crippen molar-refractivity contribution in [1.82, 2.24) is 0 Å². The normalized spacial score (nSPS) is 11.9. The quantitative estimate of drug-likeness (QED) is 0.270. The Bertz CT molecular complexity index is 176. The number of hydrogen-bond acceptors (Lipinski definition) is 0. The van der Waals surface area contributed by atoms with E-state index in [1.807, 2.05) is 0 Å². The van der Waals surface area contributed by atoms with Crippen LogP contribution in [0.3, 0.4) is 0 Å². The highest BCUT2D eigenvalue weighted by Crippen LogP contribution is 2.05. The van der Waals surface area contributed by atoms with E-state index in [0.717, 1.165) is 0 Å². The highest BCUT2D eigenvalue weighted by atomic mass is 13.9. The van der Waals surface area contributed by atoms with Crippen LogP contribution in [0, 0.1) is 0 Å². The molecule has 0 bridgehead atoms. The first-order chi connectivity index (χ1) is 8.41. The van der Waals surface area contributed by atoms with Crippen LogP contribution in [0.15, 0.2) is 24.3 Å². The minimum absolute atomic E-state index is 1.27. The Morgan fingerprint density at radius 2 is 0.824 bits per heavy atom. The van der Waals surface area contributed by atoms with Crippen molar-refractivity contribution >= 4 is 0 Å². The fraction of sp³-hybridized carbons (Fsp3) is 0.765. The predicted octanol–water partition coefficient (Wildman–Crippen LogP) is 6.43. The van der Waals surface area contributed by atoms with E-state index in [4.69, 9.17) is 0 Å². The van der Waals surface area contributed by atoms with Gasteiger partial charge in [0.15, 0.2) is 0 Å². The molecule has 0 radical (unpaired) electrons. The lowest BCUT2D eigenvalue weighted by Gasteiger charge is -1.94. The van der Waals surface area contributed by atoms with Crippen molar-refractivity contribution in [2.24, 2.45) is 0 Å². The van der Waals surface area contributed by atoms with Gasteiger partial charge in [0.1, 0.15) is 0 Å². The third-order valence-corrected chi connectivity index (χ3v) is 3.02. The Balaban J connectivity index is 3.09. The summed E-state index contributed by atoms with van der Waals surface area (Å²) in [5, 5.41) is 0. The van der Waals surface area contributed by atoms with Gasteiger partial charge in [-0.1, -0.05) is 63.8 Å². The average Bonchev–Trinajstić information content (AvgIpc) is 2.35. The predicted molar refractivity (Wildman–Crippen MR) is 80.4 cm³/mol. The fourth-order valence-corrected chi connectivity index (χ4v) is 1.83. The Morgan fingerprint density at radius 3 is 1.24 bits per heavy atom. The summed E-state index contributed by atoms with van der Waals surface area (Å²) in [6.45, 7) is 4.51. The Kier molecular flexibility index (Phi) is 15.0. The Labute approximate surface area is 109 Å². The van der Waals surface area contributed by atoms with Crippen LogP contribution >= 0.6 is 0 Å². The number of allylic oxidation sites excluding steroid dienone is 4. The lowest BCUT2D eigenvalue weighted by Crippen LogP contribution is -1.74. The van der Waals surface area contributed by atoms with E-state index in [-0.39, 0.29) is 0 Å².